The van der Waals surface area contributed by atoms with Crippen molar-refractivity contribution in [2.75, 3.05) is 11.9 Å². The Hall–Kier alpha value is -2.01. The first-order valence-electron chi connectivity index (χ1n) is 8.41. The fraction of sp³-hybridized carbons (Fsp3) is 0.278. The summed E-state index contributed by atoms with van der Waals surface area (Å²) in [5.41, 5.74) is -1.20. The van der Waals surface area contributed by atoms with Gasteiger partial charge in [0.05, 0.1) is 20.5 Å². The lowest BCUT2D eigenvalue weighted by Crippen LogP contribution is -2.30. The number of benzene rings is 2. The van der Waals surface area contributed by atoms with Crippen molar-refractivity contribution < 1.29 is 31.1 Å². The van der Waals surface area contributed by atoms with Gasteiger partial charge < -0.3 is 10.1 Å². The number of hydrogen-bond acceptors (Lipinski definition) is 4. The molecule has 12 heteroatoms. The highest BCUT2D eigenvalue weighted by atomic mass is 35.5. The number of ether oxygens (including phenoxy) is 1. The zero-order valence-electron chi connectivity index (χ0n) is 15.7. The minimum atomic E-state index is -4.67. The fourth-order valence-corrected chi connectivity index (χ4v) is 4.11. The number of rotatable bonds is 7. The third kappa shape index (κ3) is 6.49. The molecule has 30 heavy (non-hydrogen) atoms. The van der Waals surface area contributed by atoms with E-state index in [4.69, 9.17) is 27.9 Å². The largest absolute Gasteiger partial charge is 0.482 e. The van der Waals surface area contributed by atoms with Crippen LogP contribution < -0.4 is 14.8 Å². The first-order valence-corrected chi connectivity index (χ1v) is 10.6. The number of halogens is 5. The molecule has 2 rings (SSSR count). The van der Waals surface area contributed by atoms with Crippen LogP contribution in [0.5, 0.6) is 5.75 Å². The van der Waals surface area contributed by atoms with Gasteiger partial charge >= 0.3 is 6.18 Å². The standard InChI is InChI=1S/C18H17Cl2F3N2O4S/c1-10(2)25-30(27,28)12-4-6-16(15(20)8-12)29-9-17(26)24-11-3-5-14(19)13(7-11)18(21,22)23/h3-8,10,25H,9H2,1-2H3,(H,24,26). The molecule has 2 aromatic rings. The average molecular weight is 485 g/mol. The van der Waals surface area contributed by atoms with E-state index in [2.05, 4.69) is 10.0 Å². The molecule has 164 valence electrons. The second-order valence-corrected chi connectivity index (χ2v) is 8.93. The minimum absolute atomic E-state index is 0.0300. The van der Waals surface area contributed by atoms with Crippen LogP contribution in [-0.4, -0.2) is 27.0 Å². The van der Waals surface area contributed by atoms with Gasteiger partial charge in [-0.2, -0.15) is 13.2 Å². The summed E-state index contributed by atoms with van der Waals surface area (Å²) in [5, 5.41) is 1.71. The lowest BCUT2D eigenvalue weighted by Gasteiger charge is -2.13. The lowest BCUT2D eigenvalue weighted by molar-refractivity contribution is -0.137. The molecule has 1 amide bonds. The van der Waals surface area contributed by atoms with Gasteiger partial charge in [0, 0.05) is 11.7 Å². The molecule has 0 fully saturated rings. The zero-order chi connectivity index (χ0) is 22.7. The van der Waals surface area contributed by atoms with Crippen molar-refractivity contribution in [1.82, 2.24) is 4.72 Å². The van der Waals surface area contributed by atoms with Crippen LogP contribution in [0, 0.1) is 0 Å². The third-order valence-electron chi connectivity index (χ3n) is 3.52. The van der Waals surface area contributed by atoms with E-state index in [-0.39, 0.29) is 27.4 Å². The van der Waals surface area contributed by atoms with E-state index in [0.717, 1.165) is 12.1 Å². The van der Waals surface area contributed by atoms with Gasteiger partial charge in [0.25, 0.3) is 5.91 Å². The van der Waals surface area contributed by atoms with Gasteiger partial charge in [-0.1, -0.05) is 23.2 Å². The quantitative estimate of drug-likeness (QED) is 0.595. The van der Waals surface area contributed by atoms with E-state index in [0.29, 0.717) is 6.07 Å². The molecular weight excluding hydrogens is 468 g/mol. The normalized spacial score (nSPS) is 12.1. The Kier molecular flexibility index (Phi) is 7.62. The Balaban J connectivity index is 2.05. The topological polar surface area (TPSA) is 84.5 Å². The van der Waals surface area contributed by atoms with Crippen LogP contribution in [0.15, 0.2) is 41.3 Å². The number of anilines is 1. The summed E-state index contributed by atoms with van der Waals surface area (Å²) in [7, 11) is -3.76. The smallest absolute Gasteiger partial charge is 0.417 e. The van der Waals surface area contributed by atoms with Gasteiger partial charge in [-0.15, -0.1) is 0 Å². The molecule has 0 aliphatic rings. The van der Waals surface area contributed by atoms with Gasteiger partial charge in [-0.05, 0) is 50.2 Å². The first kappa shape index (κ1) is 24.3. The van der Waals surface area contributed by atoms with Gasteiger partial charge in [0.2, 0.25) is 10.0 Å². The summed E-state index contributed by atoms with van der Waals surface area (Å²) in [6.07, 6.45) is -4.67. The number of hydrogen-bond donors (Lipinski definition) is 2. The van der Waals surface area contributed by atoms with Crippen LogP contribution in [0.25, 0.3) is 0 Å². The van der Waals surface area contributed by atoms with Crippen LogP contribution in [0.3, 0.4) is 0 Å². The molecule has 0 aliphatic heterocycles. The minimum Gasteiger partial charge on any atom is -0.482 e. The number of carbonyl (C=O) groups excluding carboxylic acids is 1. The van der Waals surface area contributed by atoms with Gasteiger partial charge in [0.1, 0.15) is 5.75 Å². The van der Waals surface area contributed by atoms with Crippen molar-refractivity contribution >= 4 is 44.8 Å². The average Bonchev–Trinajstić information content (AvgIpc) is 2.60. The molecule has 0 aromatic heterocycles. The SMILES string of the molecule is CC(C)NS(=O)(=O)c1ccc(OCC(=O)Nc2ccc(Cl)c(C(F)(F)F)c2)c(Cl)c1. The maximum Gasteiger partial charge on any atom is 0.417 e. The fourth-order valence-electron chi connectivity index (χ4n) is 2.30. The highest BCUT2D eigenvalue weighted by Crippen LogP contribution is 2.36. The maximum absolute atomic E-state index is 12.9. The van der Waals surface area contributed by atoms with Crippen molar-refractivity contribution in [2.24, 2.45) is 0 Å². The summed E-state index contributed by atoms with van der Waals surface area (Å²) in [6.45, 7) is 2.75. The highest BCUT2D eigenvalue weighted by molar-refractivity contribution is 7.89. The molecule has 0 heterocycles. The van der Waals surface area contributed by atoms with Gasteiger partial charge in [0.15, 0.2) is 6.61 Å². The van der Waals surface area contributed by atoms with E-state index >= 15 is 0 Å². The molecule has 0 spiro atoms. The van der Waals surface area contributed by atoms with Gasteiger partial charge in [-0.3, -0.25) is 4.79 Å². The summed E-state index contributed by atoms with van der Waals surface area (Å²) in [4.78, 5) is 11.9. The molecule has 0 bridgehead atoms. The van der Waals surface area contributed by atoms with E-state index < -0.39 is 39.3 Å². The van der Waals surface area contributed by atoms with Crippen molar-refractivity contribution in [3.05, 3.63) is 52.0 Å². The summed E-state index contributed by atoms with van der Waals surface area (Å²) >= 11 is 11.5. The van der Waals surface area contributed by atoms with E-state index in [1.54, 1.807) is 13.8 Å². The van der Waals surface area contributed by atoms with Crippen molar-refractivity contribution in [1.29, 1.82) is 0 Å². The molecule has 2 N–H and O–H groups in total. The van der Waals surface area contributed by atoms with E-state index in [9.17, 15) is 26.4 Å². The monoisotopic (exact) mass is 484 g/mol. The van der Waals surface area contributed by atoms with Crippen LogP contribution in [0.1, 0.15) is 19.4 Å². The first-order chi connectivity index (χ1) is 13.8. The van der Waals surface area contributed by atoms with Crippen LogP contribution >= 0.6 is 23.2 Å². The van der Waals surface area contributed by atoms with Crippen LogP contribution in [0.2, 0.25) is 10.0 Å². The molecule has 0 unspecified atom stereocenters. The number of amides is 1. The Bertz CT molecular complexity index is 1040. The molecular formula is C18H17Cl2F3N2O4S. The Morgan fingerprint density at radius 3 is 2.33 bits per heavy atom. The maximum atomic E-state index is 12.9. The molecule has 0 saturated heterocycles. The van der Waals surface area contributed by atoms with Crippen molar-refractivity contribution in [3.8, 4) is 5.75 Å². The number of sulfonamides is 1. The number of nitrogens with one attached hydrogen (secondary N) is 2. The van der Waals surface area contributed by atoms with Crippen LogP contribution in [0.4, 0.5) is 18.9 Å². The summed E-state index contributed by atoms with van der Waals surface area (Å²) in [5.74, 6) is -0.720. The Morgan fingerprint density at radius 2 is 1.77 bits per heavy atom. The third-order valence-corrected chi connectivity index (χ3v) is 5.80. The van der Waals surface area contributed by atoms with Crippen LogP contribution in [-0.2, 0) is 21.0 Å². The summed E-state index contributed by atoms with van der Waals surface area (Å²) < 4.78 is 70.5. The Labute approximate surface area is 181 Å². The zero-order valence-corrected chi connectivity index (χ0v) is 18.0. The summed E-state index contributed by atoms with van der Waals surface area (Å²) in [6, 6.07) is 6.29. The molecule has 2 aromatic carbocycles. The Morgan fingerprint density at radius 1 is 1.10 bits per heavy atom. The predicted molar refractivity (Wildman–Crippen MR) is 107 cm³/mol. The highest BCUT2D eigenvalue weighted by Gasteiger charge is 2.33. The predicted octanol–water partition coefficient (Wildman–Crippen LogP) is 4.72. The second-order valence-electron chi connectivity index (χ2n) is 6.40. The second kappa shape index (κ2) is 9.42. The molecule has 0 saturated carbocycles. The molecule has 0 atom stereocenters. The molecule has 0 aliphatic carbocycles. The van der Waals surface area contributed by atoms with E-state index in [1.807, 2.05) is 0 Å². The van der Waals surface area contributed by atoms with Gasteiger partial charge in [-0.25, -0.2) is 13.1 Å². The number of carbonyl (C=O) groups is 1. The molecule has 0 radical (unpaired) electrons. The van der Waals surface area contributed by atoms with Crippen molar-refractivity contribution in [3.63, 3.8) is 0 Å². The number of alkyl halides is 3. The van der Waals surface area contributed by atoms with Crippen molar-refractivity contribution in [2.45, 2.75) is 31.0 Å². The molecule has 6 nitrogen and oxygen atoms in total. The lowest BCUT2D eigenvalue weighted by atomic mass is 10.2. The van der Waals surface area contributed by atoms with E-state index in [1.165, 1.54) is 18.2 Å².